The molecule has 122 valence electrons. The number of hydrogen-bond donors (Lipinski definition) is 1. The summed E-state index contributed by atoms with van der Waals surface area (Å²) in [6.07, 6.45) is -4.60. The standard InChI is InChI=1S/C15H10BrF4NO2/c16-9-6-11(17)13(14(22)21-8-15(18,19)20)12(7-9)23-10-4-2-1-3-5-10/h1-7H,8H2,(H,21,22). The molecule has 3 nitrogen and oxygen atoms in total. The summed E-state index contributed by atoms with van der Waals surface area (Å²) in [7, 11) is 0. The van der Waals surface area contributed by atoms with Crippen molar-refractivity contribution in [1.29, 1.82) is 0 Å². The third-order valence-corrected chi connectivity index (χ3v) is 3.12. The summed E-state index contributed by atoms with van der Waals surface area (Å²) in [4.78, 5) is 11.9. The van der Waals surface area contributed by atoms with Crippen molar-refractivity contribution in [3.63, 3.8) is 0 Å². The highest BCUT2D eigenvalue weighted by Crippen LogP contribution is 2.31. The van der Waals surface area contributed by atoms with Crippen molar-refractivity contribution < 1.29 is 27.1 Å². The normalized spacial score (nSPS) is 11.2. The highest BCUT2D eigenvalue weighted by Gasteiger charge is 2.29. The Hall–Kier alpha value is -2.09. The first kappa shape index (κ1) is 17.3. The summed E-state index contributed by atoms with van der Waals surface area (Å²) in [5.41, 5.74) is -0.596. The number of benzene rings is 2. The molecule has 0 aliphatic heterocycles. The van der Waals surface area contributed by atoms with Crippen LogP contribution in [0.5, 0.6) is 11.5 Å². The van der Waals surface area contributed by atoms with E-state index in [2.05, 4.69) is 15.9 Å². The second-order valence-corrected chi connectivity index (χ2v) is 5.39. The van der Waals surface area contributed by atoms with Gasteiger partial charge < -0.3 is 10.1 Å². The number of carbonyl (C=O) groups is 1. The summed E-state index contributed by atoms with van der Waals surface area (Å²) in [5.74, 6) is -2.08. The predicted molar refractivity (Wildman–Crippen MR) is 79.0 cm³/mol. The molecule has 0 aliphatic rings. The van der Waals surface area contributed by atoms with Gasteiger partial charge in [0.2, 0.25) is 0 Å². The Kier molecular flexibility index (Phi) is 5.25. The number of hydrogen-bond acceptors (Lipinski definition) is 2. The van der Waals surface area contributed by atoms with Gasteiger partial charge in [-0.3, -0.25) is 4.79 Å². The van der Waals surface area contributed by atoms with Crippen LogP contribution in [-0.2, 0) is 0 Å². The number of halogens is 5. The molecule has 1 amide bonds. The van der Waals surface area contributed by atoms with Gasteiger partial charge in [0, 0.05) is 4.47 Å². The molecular weight excluding hydrogens is 382 g/mol. The summed E-state index contributed by atoms with van der Waals surface area (Å²) < 4.78 is 56.3. The molecule has 8 heteroatoms. The van der Waals surface area contributed by atoms with Crippen molar-refractivity contribution >= 4 is 21.8 Å². The van der Waals surface area contributed by atoms with E-state index in [1.54, 1.807) is 35.6 Å². The summed E-state index contributed by atoms with van der Waals surface area (Å²) in [6, 6.07) is 10.5. The molecule has 23 heavy (non-hydrogen) atoms. The summed E-state index contributed by atoms with van der Waals surface area (Å²) in [5, 5.41) is 1.63. The van der Waals surface area contributed by atoms with E-state index in [0.29, 0.717) is 5.75 Å². The Bertz CT molecular complexity index is 705. The molecule has 2 rings (SSSR count). The Morgan fingerprint density at radius 2 is 1.83 bits per heavy atom. The molecular formula is C15H10BrF4NO2. The van der Waals surface area contributed by atoms with Gasteiger partial charge in [-0.1, -0.05) is 34.1 Å². The molecule has 0 atom stereocenters. The lowest BCUT2D eigenvalue weighted by molar-refractivity contribution is -0.123. The first-order valence-corrected chi connectivity index (χ1v) is 7.12. The van der Waals surface area contributed by atoms with Gasteiger partial charge in [0.1, 0.15) is 29.4 Å². The zero-order valence-corrected chi connectivity index (χ0v) is 13.0. The number of amides is 1. The quantitative estimate of drug-likeness (QED) is 0.768. The van der Waals surface area contributed by atoms with Gasteiger partial charge in [0.05, 0.1) is 0 Å². The van der Waals surface area contributed by atoms with Crippen molar-refractivity contribution in [3.8, 4) is 11.5 Å². The minimum atomic E-state index is -4.60. The van der Waals surface area contributed by atoms with Gasteiger partial charge >= 0.3 is 6.18 Å². The van der Waals surface area contributed by atoms with E-state index in [1.807, 2.05) is 0 Å². The third kappa shape index (κ3) is 4.95. The minimum Gasteiger partial charge on any atom is -0.456 e. The molecule has 0 fully saturated rings. The van der Waals surface area contributed by atoms with Crippen molar-refractivity contribution in [3.05, 3.63) is 58.3 Å². The fraction of sp³-hybridized carbons (Fsp3) is 0.133. The molecule has 0 aliphatic carbocycles. The average Bonchev–Trinajstić information content (AvgIpc) is 2.44. The lowest BCUT2D eigenvalue weighted by atomic mass is 10.1. The molecule has 2 aromatic rings. The Labute approximate surface area is 137 Å². The van der Waals surface area contributed by atoms with Crippen LogP contribution in [0.4, 0.5) is 17.6 Å². The molecule has 0 spiro atoms. The highest BCUT2D eigenvalue weighted by molar-refractivity contribution is 9.10. The number of alkyl halides is 3. The number of ether oxygens (including phenoxy) is 1. The maximum Gasteiger partial charge on any atom is 0.405 e. The second kappa shape index (κ2) is 6.99. The van der Waals surface area contributed by atoms with E-state index >= 15 is 0 Å². The Morgan fingerprint density at radius 3 is 2.43 bits per heavy atom. The fourth-order valence-electron chi connectivity index (χ4n) is 1.74. The van der Waals surface area contributed by atoms with Crippen LogP contribution in [-0.4, -0.2) is 18.6 Å². The lowest BCUT2D eigenvalue weighted by Crippen LogP contribution is -2.34. The molecule has 0 radical (unpaired) electrons. The second-order valence-electron chi connectivity index (χ2n) is 4.47. The van der Waals surface area contributed by atoms with E-state index in [9.17, 15) is 22.4 Å². The number of rotatable bonds is 4. The van der Waals surface area contributed by atoms with Gasteiger partial charge in [0.25, 0.3) is 5.91 Å². The third-order valence-electron chi connectivity index (χ3n) is 2.67. The van der Waals surface area contributed by atoms with Crippen molar-refractivity contribution in [2.75, 3.05) is 6.54 Å². The number of carbonyl (C=O) groups excluding carboxylic acids is 1. The van der Waals surface area contributed by atoms with Crippen LogP contribution >= 0.6 is 15.9 Å². The largest absolute Gasteiger partial charge is 0.456 e. The maximum absolute atomic E-state index is 14.0. The van der Waals surface area contributed by atoms with Gasteiger partial charge in [-0.15, -0.1) is 0 Å². The van der Waals surface area contributed by atoms with E-state index < -0.39 is 30.0 Å². The first-order chi connectivity index (χ1) is 10.8. The zero-order valence-electron chi connectivity index (χ0n) is 11.5. The van der Waals surface area contributed by atoms with E-state index in [-0.39, 0.29) is 10.2 Å². The van der Waals surface area contributed by atoms with Crippen LogP contribution < -0.4 is 10.1 Å². The monoisotopic (exact) mass is 391 g/mol. The van der Waals surface area contributed by atoms with Gasteiger partial charge in [0.15, 0.2) is 0 Å². The summed E-state index contributed by atoms with van der Waals surface area (Å²) in [6.45, 7) is -1.56. The Morgan fingerprint density at radius 1 is 1.17 bits per heavy atom. The van der Waals surface area contributed by atoms with Gasteiger partial charge in [-0.05, 0) is 24.3 Å². The first-order valence-electron chi connectivity index (χ1n) is 6.33. The maximum atomic E-state index is 14.0. The average molecular weight is 392 g/mol. The van der Waals surface area contributed by atoms with Crippen LogP contribution in [0.3, 0.4) is 0 Å². The molecule has 1 N–H and O–H groups in total. The molecule has 0 saturated heterocycles. The molecule has 0 unspecified atom stereocenters. The van der Waals surface area contributed by atoms with E-state index in [0.717, 1.165) is 6.07 Å². The van der Waals surface area contributed by atoms with Crippen molar-refractivity contribution in [2.24, 2.45) is 0 Å². The minimum absolute atomic E-state index is 0.192. The van der Waals surface area contributed by atoms with Gasteiger partial charge in [-0.2, -0.15) is 13.2 Å². The molecule has 2 aromatic carbocycles. The van der Waals surface area contributed by atoms with Crippen molar-refractivity contribution in [1.82, 2.24) is 5.32 Å². The molecule has 0 saturated carbocycles. The SMILES string of the molecule is O=C(NCC(F)(F)F)c1c(F)cc(Br)cc1Oc1ccccc1. The molecule has 0 heterocycles. The van der Waals surface area contributed by atoms with E-state index in [4.69, 9.17) is 4.74 Å². The highest BCUT2D eigenvalue weighted by atomic mass is 79.9. The number of para-hydroxylation sites is 1. The van der Waals surface area contributed by atoms with Crippen LogP contribution in [0, 0.1) is 5.82 Å². The lowest BCUT2D eigenvalue weighted by Gasteiger charge is -2.14. The van der Waals surface area contributed by atoms with Crippen LogP contribution in [0.15, 0.2) is 46.9 Å². The summed E-state index contributed by atoms with van der Waals surface area (Å²) >= 11 is 3.05. The molecule has 0 bridgehead atoms. The van der Waals surface area contributed by atoms with Gasteiger partial charge in [-0.25, -0.2) is 4.39 Å². The zero-order chi connectivity index (χ0) is 17.0. The molecule has 0 aromatic heterocycles. The van der Waals surface area contributed by atoms with Crippen LogP contribution in [0.2, 0.25) is 0 Å². The van der Waals surface area contributed by atoms with E-state index in [1.165, 1.54) is 6.07 Å². The van der Waals surface area contributed by atoms with Crippen molar-refractivity contribution in [2.45, 2.75) is 6.18 Å². The number of nitrogens with one attached hydrogen (secondary N) is 1. The topological polar surface area (TPSA) is 38.3 Å². The predicted octanol–water partition coefficient (Wildman–Crippen LogP) is 4.67. The fourth-order valence-corrected chi connectivity index (χ4v) is 2.14. The Balaban J connectivity index is 2.32. The van der Waals surface area contributed by atoms with Crippen LogP contribution in [0.25, 0.3) is 0 Å². The van der Waals surface area contributed by atoms with Crippen LogP contribution in [0.1, 0.15) is 10.4 Å². The smallest absolute Gasteiger partial charge is 0.405 e.